The maximum Gasteiger partial charge on any atom is 0.179 e. The Labute approximate surface area is 153 Å². The highest BCUT2D eigenvalue weighted by Crippen LogP contribution is 2.20. The van der Waals surface area contributed by atoms with E-state index in [0.29, 0.717) is 17.5 Å². The molecule has 1 atom stereocenters. The predicted molar refractivity (Wildman–Crippen MR) is 99.9 cm³/mol. The molecule has 0 aliphatic carbocycles. The zero-order valence-corrected chi connectivity index (χ0v) is 14.9. The van der Waals surface area contributed by atoms with Crippen LogP contribution in [0.25, 0.3) is 0 Å². The van der Waals surface area contributed by atoms with E-state index in [0.717, 1.165) is 25.9 Å². The first-order valence-electron chi connectivity index (χ1n) is 9.27. The molecule has 0 bridgehead atoms. The van der Waals surface area contributed by atoms with Crippen LogP contribution in [0.1, 0.15) is 52.8 Å². The normalized spacial score (nSPS) is 16.2. The fraction of sp³-hybridized carbons (Fsp3) is 0.364. The van der Waals surface area contributed by atoms with Crippen LogP contribution in [0.15, 0.2) is 54.6 Å². The number of Topliss-reactive ketones (excluding diaryl/α,β-unsaturated/α-hetero) is 2. The monoisotopic (exact) mass is 353 g/mol. The van der Waals surface area contributed by atoms with Crippen molar-refractivity contribution in [3.05, 3.63) is 71.5 Å². The molecule has 3 nitrogen and oxygen atoms in total. The predicted octanol–water partition coefficient (Wildman–Crippen LogP) is 4.53. The molecule has 2 aromatic carbocycles. The number of hydrogen-bond acceptors (Lipinski definition) is 3. The standard InChI is InChI=1S/C22H24FNO2/c23-19-11-9-17(10-12-19)21(25)14-13-20(24-15-5-2-6-16-24)22(26)18-7-3-1-4-8-18/h1,3-4,7-12,20H,2,5-6,13-16H2. The minimum Gasteiger partial charge on any atom is -0.294 e. The molecule has 1 saturated heterocycles. The second-order valence-corrected chi connectivity index (χ2v) is 6.81. The van der Waals surface area contributed by atoms with Gasteiger partial charge in [0.1, 0.15) is 5.82 Å². The van der Waals surface area contributed by atoms with Gasteiger partial charge in [0, 0.05) is 17.5 Å². The van der Waals surface area contributed by atoms with E-state index in [1.54, 1.807) is 0 Å². The van der Waals surface area contributed by atoms with Crippen molar-refractivity contribution in [2.24, 2.45) is 0 Å². The Hall–Kier alpha value is -2.33. The van der Waals surface area contributed by atoms with Crippen molar-refractivity contribution in [1.82, 2.24) is 4.90 Å². The van der Waals surface area contributed by atoms with Crippen LogP contribution in [0.4, 0.5) is 4.39 Å². The Kier molecular flexibility index (Phi) is 6.29. The summed E-state index contributed by atoms with van der Waals surface area (Å²) >= 11 is 0. The van der Waals surface area contributed by atoms with Crippen molar-refractivity contribution in [2.75, 3.05) is 13.1 Å². The van der Waals surface area contributed by atoms with Crippen molar-refractivity contribution in [3.8, 4) is 0 Å². The summed E-state index contributed by atoms with van der Waals surface area (Å²) in [6, 6.07) is 14.6. The average Bonchev–Trinajstić information content (AvgIpc) is 2.70. The quantitative estimate of drug-likeness (QED) is 0.687. The van der Waals surface area contributed by atoms with E-state index in [9.17, 15) is 14.0 Å². The van der Waals surface area contributed by atoms with Gasteiger partial charge in [-0.05, 0) is 56.6 Å². The van der Waals surface area contributed by atoms with Gasteiger partial charge in [0.2, 0.25) is 0 Å². The van der Waals surface area contributed by atoms with E-state index in [-0.39, 0.29) is 29.8 Å². The highest BCUT2D eigenvalue weighted by molar-refractivity contribution is 6.01. The fourth-order valence-electron chi connectivity index (χ4n) is 3.55. The van der Waals surface area contributed by atoms with Crippen LogP contribution in [0, 0.1) is 5.82 Å². The number of ketones is 2. The summed E-state index contributed by atoms with van der Waals surface area (Å²) in [5, 5.41) is 0. The molecule has 1 aliphatic heterocycles. The molecule has 1 aliphatic rings. The topological polar surface area (TPSA) is 37.4 Å². The minimum absolute atomic E-state index is 0.0483. The highest BCUT2D eigenvalue weighted by Gasteiger charge is 2.28. The zero-order chi connectivity index (χ0) is 18.4. The molecule has 3 rings (SSSR count). The summed E-state index contributed by atoms with van der Waals surface area (Å²) in [4.78, 5) is 27.7. The number of halogens is 1. The van der Waals surface area contributed by atoms with Gasteiger partial charge in [-0.15, -0.1) is 0 Å². The first-order chi connectivity index (χ1) is 12.6. The van der Waals surface area contributed by atoms with E-state index in [4.69, 9.17) is 0 Å². The van der Waals surface area contributed by atoms with Crippen molar-refractivity contribution in [3.63, 3.8) is 0 Å². The number of nitrogens with zero attached hydrogens (tertiary/aromatic N) is 1. The summed E-state index contributed by atoms with van der Waals surface area (Å²) in [7, 11) is 0. The van der Waals surface area contributed by atoms with Crippen LogP contribution in [0.3, 0.4) is 0 Å². The second-order valence-electron chi connectivity index (χ2n) is 6.81. The Morgan fingerprint density at radius 3 is 2.19 bits per heavy atom. The van der Waals surface area contributed by atoms with Gasteiger partial charge >= 0.3 is 0 Å². The molecule has 1 unspecified atom stereocenters. The van der Waals surface area contributed by atoms with Crippen LogP contribution in [0.5, 0.6) is 0 Å². The number of carbonyl (C=O) groups excluding carboxylic acids is 2. The van der Waals surface area contributed by atoms with Crippen LogP contribution >= 0.6 is 0 Å². The first kappa shape index (κ1) is 18.5. The lowest BCUT2D eigenvalue weighted by atomic mass is 9.94. The van der Waals surface area contributed by atoms with Gasteiger partial charge < -0.3 is 0 Å². The van der Waals surface area contributed by atoms with Crippen LogP contribution < -0.4 is 0 Å². The van der Waals surface area contributed by atoms with E-state index in [1.165, 1.54) is 30.7 Å². The molecule has 0 saturated carbocycles. The summed E-state index contributed by atoms with van der Waals surface area (Å²) in [5.74, 6) is -0.320. The first-order valence-corrected chi connectivity index (χ1v) is 9.27. The largest absolute Gasteiger partial charge is 0.294 e. The van der Waals surface area contributed by atoms with E-state index in [2.05, 4.69) is 4.90 Å². The second kappa shape index (κ2) is 8.86. The maximum absolute atomic E-state index is 13.0. The van der Waals surface area contributed by atoms with Crippen LogP contribution in [-0.4, -0.2) is 35.6 Å². The Balaban J connectivity index is 1.72. The minimum atomic E-state index is -0.355. The third-order valence-electron chi connectivity index (χ3n) is 5.00. The maximum atomic E-state index is 13.0. The summed E-state index contributed by atoms with van der Waals surface area (Å²) in [6.45, 7) is 1.79. The van der Waals surface area contributed by atoms with Gasteiger partial charge in [-0.2, -0.15) is 0 Å². The molecule has 4 heteroatoms. The fourth-order valence-corrected chi connectivity index (χ4v) is 3.55. The molecular weight excluding hydrogens is 329 g/mol. The van der Waals surface area contributed by atoms with Crippen molar-refractivity contribution in [1.29, 1.82) is 0 Å². The van der Waals surface area contributed by atoms with Crippen LogP contribution in [0.2, 0.25) is 0 Å². The smallest absolute Gasteiger partial charge is 0.179 e. The van der Waals surface area contributed by atoms with Gasteiger partial charge in [0.25, 0.3) is 0 Å². The molecule has 136 valence electrons. The average molecular weight is 353 g/mol. The number of rotatable bonds is 7. The Morgan fingerprint density at radius 1 is 0.885 bits per heavy atom. The molecule has 0 spiro atoms. The summed E-state index contributed by atoms with van der Waals surface area (Å²) in [5.41, 5.74) is 1.19. The lowest BCUT2D eigenvalue weighted by Gasteiger charge is -2.33. The van der Waals surface area contributed by atoms with Crippen molar-refractivity contribution in [2.45, 2.75) is 38.1 Å². The van der Waals surface area contributed by atoms with Crippen molar-refractivity contribution < 1.29 is 14.0 Å². The Morgan fingerprint density at radius 2 is 1.54 bits per heavy atom. The molecule has 0 aromatic heterocycles. The number of hydrogen-bond donors (Lipinski definition) is 0. The van der Waals surface area contributed by atoms with E-state index in [1.807, 2.05) is 30.3 Å². The van der Waals surface area contributed by atoms with Gasteiger partial charge in [-0.25, -0.2) is 4.39 Å². The molecule has 0 N–H and O–H groups in total. The van der Waals surface area contributed by atoms with Gasteiger partial charge in [-0.1, -0.05) is 36.8 Å². The molecule has 2 aromatic rings. The number of likely N-dealkylation sites (tertiary alicyclic amines) is 1. The number of carbonyl (C=O) groups is 2. The van der Waals surface area contributed by atoms with Crippen molar-refractivity contribution >= 4 is 11.6 Å². The third kappa shape index (κ3) is 4.64. The summed E-state index contributed by atoms with van der Waals surface area (Å²) in [6.07, 6.45) is 4.14. The third-order valence-corrected chi connectivity index (χ3v) is 5.00. The van der Waals surface area contributed by atoms with Gasteiger partial charge in [0.05, 0.1) is 6.04 Å². The molecule has 0 radical (unpaired) electrons. The van der Waals surface area contributed by atoms with Crippen LogP contribution in [-0.2, 0) is 0 Å². The van der Waals surface area contributed by atoms with Gasteiger partial charge in [0.15, 0.2) is 11.6 Å². The molecular formula is C22H24FNO2. The molecule has 1 heterocycles. The SMILES string of the molecule is O=C(CCC(C(=O)c1ccccc1)N1CCCCC1)c1ccc(F)cc1. The van der Waals surface area contributed by atoms with Gasteiger partial charge in [-0.3, -0.25) is 14.5 Å². The number of piperidine rings is 1. The zero-order valence-electron chi connectivity index (χ0n) is 14.9. The lowest BCUT2D eigenvalue weighted by Crippen LogP contribution is -2.44. The number of benzene rings is 2. The highest BCUT2D eigenvalue weighted by atomic mass is 19.1. The molecule has 26 heavy (non-hydrogen) atoms. The summed E-state index contributed by atoms with van der Waals surface area (Å²) < 4.78 is 13.0. The van der Waals surface area contributed by atoms with E-state index < -0.39 is 0 Å². The lowest BCUT2D eigenvalue weighted by molar-refractivity contribution is 0.0754. The Bertz CT molecular complexity index is 736. The molecule has 1 fully saturated rings. The molecule has 0 amide bonds. The van der Waals surface area contributed by atoms with E-state index >= 15 is 0 Å².